The maximum Gasteiger partial charge on any atom is 0.156 e. The zero-order valence-electron chi connectivity index (χ0n) is 6.96. The summed E-state index contributed by atoms with van der Waals surface area (Å²) in [5.41, 5.74) is 0. The van der Waals surface area contributed by atoms with E-state index in [1.54, 1.807) is 18.9 Å². The molecule has 64 valence electrons. The highest BCUT2D eigenvalue weighted by atomic mass is 32.2. The minimum absolute atomic E-state index is 0.571. The molecule has 0 spiro atoms. The standard InChI is InChI=1S/C7H14N2OS/c1-6-5-11-7(9-6)8-3-4-10-2/h6H,3-5H2,1-2H3,(H,8,9). The second-order valence-corrected chi connectivity index (χ2v) is 3.54. The molecule has 1 aliphatic heterocycles. The molecule has 1 unspecified atom stereocenters. The summed E-state index contributed by atoms with van der Waals surface area (Å²) in [5, 5.41) is 4.33. The van der Waals surface area contributed by atoms with E-state index in [2.05, 4.69) is 17.2 Å². The van der Waals surface area contributed by atoms with Crippen LogP contribution in [0.15, 0.2) is 4.99 Å². The van der Waals surface area contributed by atoms with Gasteiger partial charge in [0.05, 0.1) is 13.2 Å². The summed E-state index contributed by atoms with van der Waals surface area (Å²) in [6.45, 7) is 3.63. The molecule has 0 aromatic rings. The van der Waals surface area contributed by atoms with Gasteiger partial charge in [0.2, 0.25) is 0 Å². The Labute approximate surface area is 71.6 Å². The first kappa shape index (κ1) is 8.87. The molecule has 11 heavy (non-hydrogen) atoms. The van der Waals surface area contributed by atoms with Crippen molar-refractivity contribution >= 4 is 16.9 Å². The number of rotatable bonds is 3. The minimum atomic E-state index is 0.571. The third-order valence-corrected chi connectivity index (χ3v) is 2.58. The first-order valence-corrected chi connectivity index (χ1v) is 4.74. The van der Waals surface area contributed by atoms with Crippen molar-refractivity contribution in [2.24, 2.45) is 4.99 Å². The van der Waals surface area contributed by atoms with Crippen molar-refractivity contribution < 1.29 is 4.74 Å². The Bertz CT molecular complexity index is 149. The van der Waals surface area contributed by atoms with Crippen LogP contribution in [0.1, 0.15) is 6.92 Å². The molecule has 1 atom stereocenters. The Morgan fingerprint density at radius 2 is 2.64 bits per heavy atom. The van der Waals surface area contributed by atoms with E-state index in [1.165, 1.54) is 0 Å². The zero-order valence-corrected chi connectivity index (χ0v) is 7.78. The van der Waals surface area contributed by atoms with Gasteiger partial charge in [0, 0.05) is 18.9 Å². The van der Waals surface area contributed by atoms with Crippen LogP contribution in [0.4, 0.5) is 0 Å². The molecule has 0 aliphatic carbocycles. The van der Waals surface area contributed by atoms with Gasteiger partial charge in [-0.3, -0.25) is 4.99 Å². The zero-order chi connectivity index (χ0) is 8.10. The first-order valence-electron chi connectivity index (χ1n) is 3.75. The molecule has 3 nitrogen and oxygen atoms in total. The van der Waals surface area contributed by atoms with E-state index in [1.807, 2.05) is 0 Å². The smallest absolute Gasteiger partial charge is 0.156 e. The number of ether oxygens (including phenoxy) is 1. The monoisotopic (exact) mass is 174 g/mol. The van der Waals surface area contributed by atoms with Gasteiger partial charge in [-0.05, 0) is 6.92 Å². The highest BCUT2D eigenvalue weighted by Gasteiger charge is 2.14. The van der Waals surface area contributed by atoms with Gasteiger partial charge in [0.1, 0.15) is 0 Å². The van der Waals surface area contributed by atoms with Crippen LogP contribution < -0.4 is 5.32 Å². The van der Waals surface area contributed by atoms with Crippen LogP contribution in [0, 0.1) is 0 Å². The van der Waals surface area contributed by atoms with Crippen LogP contribution >= 0.6 is 11.8 Å². The molecule has 0 aromatic heterocycles. The van der Waals surface area contributed by atoms with Crippen LogP contribution in [0.5, 0.6) is 0 Å². The van der Waals surface area contributed by atoms with Crippen molar-refractivity contribution in [2.75, 3.05) is 26.0 Å². The summed E-state index contributed by atoms with van der Waals surface area (Å²) in [7, 11) is 1.69. The quantitative estimate of drug-likeness (QED) is 0.640. The lowest BCUT2D eigenvalue weighted by atomic mass is 10.4. The normalized spacial score (nSPS) is 27.5. The molecule has 0 saturated carbocycles. The van der Waals surface area contributed by atoms with E-state index >= 15 is 0 Å². The van der Waals surface area contributed by atoms with Gasteiger partial charge in [-0.25, -0.2) is 0 Å². The molecular formula is C7H14N2OS. The van der Waals surface area contributed by atoms with Crippen LogP contribution in [0.3, 0.4) is 0 Å². The first-order chi connectivity index (χ1) is 5.33. The predicted molar refractivity (Wildman–Crippen MR) is 49.2 cm³/mol. The Kier molecular flexibility index (Phi) is 3.72. The average Bonchev–Trinajstić information content (AvgIpc) is 2.37. The topological polar surface area (TPSA) is 33.6 Å². The summed E-state index contributed by atoms with van der Waals surface area (Å²) in [6, 6.07) is 0.571. The van der Waals surface area contributed by atoms with Gasteiger partial charge in [0.15, 0.2) is 5.17 Å². The van der Waals surface area contributed by atoms with Gasteiger partial charge in [0.25, 0.3) is 0 Å². The number of nitrogens with one attached hydrogen (secondary N) is 1. The van der Waals surface area contributed by atoms with E-state index in [-0.39, 0.29) is 0 Å². The molecule has 0 aromatic carbocycles. The Hall–Kier alpha value is -0.220. The van der Waals surface area contributed by atoms with Crippen LogP contribution in [0.2, 0.25) is 0 Å². The summed E-state index contributed by atoms with van der Waals surface area (Å²) >= 11 is 1.78. The van der Waals surface area contributed by atoms with Crippen LogP contribution in [0.25, 0.3) is 0 Å². The molecular weight excluding hydrogens is 160 g/mol. The molecule has 1 aliphatic rings. The molecule has 1 N–H and O–H groups in total. The molecule has 1 rings (SSSR count). The number of nitrogens with zero attached hydrogens (tertiary/aromatic N) is 1. The molecule has 1 saturated heterocycles. The number of methoxy groups -OCH3 is 1. The van der Waals surface area contributed by atoms with Gasteiger partial charge in [-0.1, -0.05) is 11.8 Å². The Morgan fingerprint density at radius 1 is 1.82 bits per heavy atom. The minimum Gasteiger partial charge on any atom is -0.383 e. The summed E-state index contributed by atoms with van der Waals surface area (Å²) < 4.78 is 4.88. The highest BCUT2D eigenvalue weighted by molar-refractivity contribution is 8.14. The van der Waals surface area contributed by atoms with Crippen LogP contribution in [-0.2, 0) is 4.74 Å². The van der Waals surface area contributed by atoms with Crippen molar-refractivity contribution in [3.63, 3.8) is 0 Å². The highest BCUT2D eigenvalue weighted by Crippen LogP contribution is 2.12. The predicted octanol–water partition coefficient (Wildman–Crippen LogP) is 0.714. The van der Waals surface area contributed by atoms with Gasteiger partial charge in [-0.2, -0.15) is 0 Å². The number of hydrogen-bond donors (Lipinski definition) is 1. The van der Waals surface area contributed by atoms with Crippen LogP contribution in [-0.4, -0.2) is 37.2 Å². The van der Waals surface area contributed by atoms with Gasteiger partial charge < -0.3 is 10.1 Å². The van der Waals surface area contributed by atoms with E-state index in [9.17, 15) is 0 Å². The van der Waals surface area contributed by atoms with Crippen molar-refractivity contribution in [1.29, 1.82) is 0 Å². The summed E-state index contributed by atoms with van der Waals surface area (Å²) in [6.07, 6.45) is 0. The van der Waals surface area contributed by atoms with E-state index in [0.29, 0.717) is 12.6 Å². The average molecular weight is 174 g/mol. The number of thioether (sulfide) groups is 1. The molecule has 0 bridgehead atoms. The Morgan fingerprint density at radius 3 is 3.18 bits per heavy atom. The fourth-order valence-electron chi connectivity index (χ4n) is 0.828. The second kappa shape index (κ2) is 4.62. The summed E-state index contributed by atoms with van der Waals surface area (Å²) in [5.74, 6) is 1.13. The lowest BCUT2D eigenvalue weighted by Gasteiger charge is -2.00. The lowest BCUT2D eigenvalue weighted by molar-refractivity contribution is 0.208. The fraction of sp³-hybridized carbons (Fsp3) is 0.857. The van der Waals surface area contributed by atoms with E-state index < -0.39 is 0 Å². The molecule has 0 amide bonds. The molecule has 4 heteroatoms. The molecule has 1 heterocycles. The SMILES string of the molecule is COCCN=C1NC(C)CS1. The van der Waals surface area contributed by atoms with E-state index in [0.717, 1.165) is 17.5 Å². The van der Waals surface area contributed by atoms with Gasteiger partial charge in [-0.15, -0.1) is 0 Å². The third-order valence-electron chi connectivity index (χ3n) is 1.39. The fourth-order valence-corrected chi connectivity index (χ4v) is 1.79. The third kappa shape index (κ3) is 3.12. The van der Waals surface area contributed by atoms with Crippen molar-refractivity contribution in [3.8, 4) is 0 Å². The second-order valence-electron chi connectivity index (χ2n) is 2.54. The maximum absolute atomic E-state index is 4.88. The summed E-state index contributed by atoms with van der Waals surface area (Å²) in [4.78, 5) is 4.31. The molecule has 1 fully saturated rings. The number of hydrogen-bond acceptors (Lipinski definition) is 3. The maximum atomic E-state index is 4.88. The number of aliphatic imine (C=N–C) groups is 1. The van der Waals surface area contributed by atoms with Crippen molar-refractivity contribution in [2.45, 2.75) is 13.0 Å². The van der Waals surface area contributed by atoms with Crippen molar-refractivity contribution in [1.82, 2.24) is 5.32 Å². The largest absolute Gasteiger partial charge is 0.383 e. The van der Waals surface area contributed by atoms with E-state index in [4.69, 9.17) is 4.74 Å². The molecule has 0 radical (unpaired) electrons. The Balaban J connectivity index is 2.19. The number of amidine groups is 1. The van der Waals surface area contributed by atoms with Crippen molar-refractivity contribution in [3.05, 3.63) is 0 Å². The van der Waals surface area contributed by atoms with Gasteiger partial charge >= 0.3 is 0 Å². The lowest BCUT2D eigenvalue weighted by Crippen LogP contribution is -2.23.